The number of hydrogen-bond acceptors (Lipinski definition) is 3. The summed E-state index contributed by atoms with van der Waals surface area (Å²) in [5, 5.41) is 2.78. The van der Waals surface area contributed by atoms with Crippen molar-refractivity contribution in [1.82, 2.24) is 9.55 Å². The van der Waals surface area contributed by atoms with E-state index >= 15 is 0 Å². The van der Waals surface area contributed by atoms with Gasteiger partial charge in [0.15, 0.2) is 11.6 Å². The Hall–Kier alpha value is -2.54. The van der Waals surface area contributed by atoms with E-state index in [1.165, 1.54) is 17.4 Å². The number of benzene rings is 1. The minimum atomic E-state index is -0.904. The lowest BCUT2D eigenvalue weighted by atomic mass is 10.2. The molecule has 2 heterocycles. The van der Waals surface area contributed by atoms with E-state index < -0.39 is 17.5 Å². The van der Waals surface area contributed by atoms with Gasteiger partial charge in [-0.15, -0.1) is 11.3 Å². The molecule has 0 radical (unpaired) electrons. The number of aromatic nitrogens is 2. The van der Waals surface area contributed by atoms with E-state index in [-0.39, 0.29) is 6.54 Å². The summed E-state index contributed by atoms with van der Waals surface area (Å²) in [5.41, 5.74) is 8.50. The Bertz CT molecular complexity index is 930. The standard InChI is InChI=1S/C17H15F2N3OS/c1-9-12(17(20)23)6-16(15-8-24-10(2)21-15)22(9)7-11-3-4-13(18)14(19)5-11/h3-6,8H,7H2,1-2H3,(H2,20,23). The third-order valence-electron chi connectivity index (χ3n) is 3.84. The summed E-state index contributed by atoms with van der Waals surface area (Å²) in [6.45, 7) is 3.93. The van der Waals surface area contributed by atoms with E-state index in [1.54, 1.807) is 13.0 Å². The first-order chi connectivity index (χ1) is 11.4. The fraction of sp³-hybridized carbons (Fsp3) is 0.176. The van der Waals surface area contributed by atoms with E-state index in [2.05, 4.69) is 4.98 Å². The van der Waals surface area contributed by atoms with Gasteiger partial charge in [-0.1, -0.05) is 6.07 Å². The molecule has 3 rings (SSSR count). The van der Waals surface area contributed by atoms with Gasteiger partial charge in [0.1, 0.15) is 0 Å². The van der Waals surface area contributed by atoms with Gasteiger partial charge in [0, 0.05) is 17.6 Å². The molecular formula is C17H15F2N3OS. The second-order valence-corrected chi connectivity index (χ2v) is 6.54. The summed E-state index contributed by atoms with van der Waals surface area (Å²) in [6.07, 6.45) is 0. The van der Waals surface area contributed by atoms with E-state index in [0.717, 1.165) is 28.5 Å². The average molecular weight is 347 g/mol. The van der Waals surface area contributed by atoms with Gasteiger partial charge in [-0.3, -0.25) is 4.79 Å². The monoisotopic (exact) mass is 347 g/mol. The van der Waals surface area contributed by atoms with Gasteiger partial charge in [-0.05, 0) is 37.6 Å². The smallest absolute Gasteiger partial charge is 0.250 e. The molecule has 0 aliphatic rings. The molecule has 0 unspecified atom stereocenters. The molecule has 7 heteroatoms. The topological polar surface area (TPSA) is 60.9 Å². The number of carbonyl (C=O) groups excluding carboxylic acids is 1. The number of amides is 1. The zero-order valence-corrected chi connectivity index (χ0v) is 14.0. The Morgan fingerprint density at radius 2 is 2.00 bits per heavy atom. The summed E-state index contributed by atoms with van der Waals surface area (Å²) >= 11 is 1.49. The maximum Gasteiger partial charge on any atom is 0.250 e. The van der Waals surface area contributed by atoms with E-state index in [4.69, 9.17) is 5.73 Å². The third-order valence-corrected chi connectivity index (χ3v) is 4.61. The van der Waals surface area contributed by atoms with Gasteiger partial charge in [0.2, 0.25) is 0 Å². The molecule has 0 bridgehead atoms. The van der Waals surface area contributed by atoms with Crippen LogP contribution in [0.15, 0.2) is 29.6 Å². The molecule has 3 aromatic rings. The molecule has 0 aliphatic carbocycles. The molecule has 4 nitrogen and oxygen atoms in total. The fourth-order valence-corrected chi connectivity index (χ4v) is 3.22. The first-order valence-electron chi connectivity index (χ1n) is 7.23. The quantitative estimate of drug-likeness (QED) is 0.783. The maximum absolute atomic E-state index is 13.5. The van der Waals surface area contributed by atoms with Crippen molar-refractivity contribution in [3.05, 3.63) is 63.1 Å². The highest BCUT2D eigenvalue weighted by Crippen LogP contribution is 2.28. The molecule has 0 saturated carbocycles. The minimum absolute atomic E-state index is 0.280. The number of aryl methyl sites for hydroxylation is 1. The van der Waals surface area contributed by atoms with Crippen molar-refractivity contribution >= 4 is 17.2 Å². The predicted octanol–water partition coefficient (Wildman–Crippen LogP) is 3.65. The van der Waals surface area contributed by atoms with Crippen LogP contribution < -0.4 is 5.73 Å². The van der Waals surface area contributed by atoms with Crippen LogP contribution in [0.1, 0.15) is 26.6 Å². The Kier molecular flexibility index (Phi) is 4.19. The van der Waals surface area contributed by atoms with Crippen molar-refractivity contribution < 1.29 is 13.6 Å². The van der Waals surface area contributed by atoms with Crippen molar-refractivity contribution in [3.8, 4) is 11.4 Å². The summed E-state index contributed by atoms with van der Waals surface area (Å²) in [4.78, 5) is 16.1. The summed E-state index contributed by atoms with van der Waals surface area (Å²) in [7, 11) is 0. The fourth-order valence-electron chi connectivity index (χ4n) is 2.61. The zero-order chi connectivity index (χ0) is 17.4. The Morgan fingerprint density at radius 3 is 2.58 bits per heavy atom. The molecule has 2 aromatic heterocycles. The van der Waals surface area contributed by atoms with E-state index in [9.17, 15) is 13.6 Å². The largest absolute Gasteiger partial charge is 0.366 e. The lowest BCUT2D eigenvalue weighted by Gasteiger charge is -2.11. The van der Waals surface area contributed by atoms with Crippen LogP contribution in [0.2, 0.25) is 0 Å². The number of nitrogens with zero attached hydrogens (tertiary/aromatic N) is 2. The number of nitrogens with two attached hydrogens (primary N) is 1. The zero-order valence-electron chi connectivity index (χ0n) is 13.1. The Labute approximate surface area is 141 Å². The molecule has 1 aromatic carbocycles. The van der Waals surface area contributed by atoms with Crippen molar-refractivity contribution in [2.24, 2.45) is 5.73 Å². The van der Waals surface area contributed by atoms with Crippen molar-refractivity contribution in [1.29, 1.82) is 0 Å². The SMILES string of the molecule is Cc1nc(-c2cc(C(N)=O)c(C)n2Cc2ccc(F)c(F)c2)cs1. The lowest BCUT2D eigenvalue weighted by molar-refractivity contribution is 0.0999. The van der Waals surface area contributed by atoms with Crippen molar-refractivity contribution in [2.45, 2.75) is 20.4 Å². The van der Waals surface area contributed by atoms with Gasteiger partial charge < -0.3 is 10.3 Å². The minimum Gasteiger partial charge on any atom is -0.366 e. The highest BCUT2D eigenvalue weighted by Gasteiger charge is 2.18. The molecule has 0 aliphatic heterocycles. The predicted molar refractivity (Wildman–Crippen MR) is 89.0 cm³/mol. The summed E-state index contributed by atoms with van der Waals surface area (Å²) in [5.74, 6) is -2.33. The Morgan fingerprint density at radius 1 is 1.25 bits per heavy atom. The molecule has 124 valence electrons. The van der Waals surface area contributed by atoms with Gasteiger partial charge >= 0.3 is 0 Å². The first-order valence-corrected chi connectivity index (χ1v) is 8.11. The van der Waals surface area contributed by atoms with E-state index in [0.29, 0.717) is 16.8 Å². The first kappa shape index (κ1) is 16.3. The number of rotatable bonds is 4. The molecule has 0 saturated heterocycles. The molecular weight excluding hydrogens is 332 g/mol. The highest BCUT2D eigenvalue weighted by atomic mass is 32.1. The van der Waals surface area contributed by atoms with Crippen LogP contribution in [0.4, 0.5) is 8.78 Å². The molecule has 0 fully saturated rings. The molecule has 0 spiro atoms. The van der Waals surface area contributed by atoms with Crippen LogP contribution >= 0.6 is 11.3 Å². The van der Waals surface area contributed by atoms with Crippen LogP contribution in [0.3, 0.4) is 0 Å². The van der Waals surface area contributed by atoms with Gasteiger partial charge in [-0.2, -0.15) is 0 Å². The summed E-state index contributed by atoms with van der Waals surface area (Å²) in [6, 6.07) is 5.43. The normalized spacial score (nSPS) is 11.0. The van der Waals surface area contributed by atoms with Crippen molar-refractivity contribution in [3.63, 3.8) is 0 Å². The van der Waals surface area contributed by atoms with Crippen LogP contribution in [0, 0.1) is 25.5 Å². The number of carbonyl (C=O) groups is 1. The number of halogens is 2. The molecule has 24 heavy (non-hydrogen) atoms. The molecule has 0 atom stereocenters. The average Bonchev–Trinajstić information content (AvgIpc) is 3.08. The van der Waals surface area contributed by atoms with Gasteiger partial charge in [0.25, 0.3) is 5.91 Å². The Balaban J connectivity index is 2.11. The lowest BCUT2D eigenvalue weighted by Crippen LogP contribution is -2.13. The maximum atomic E-state index is 13.5. The van der Waals surface area contributed by atoms with Crippen molar-refractivity contribution in [2.75, 3.05) is 0 Å². The van der Waals surface area contributed by atoms with Crippen LogP contribution in [0.25, 0.3) is 11.4 Å². The number of thiazole rings is 1. The van der Waals surface area contributed by atoms with E-state index in [1.807, 2.05) is 16.9 Å². The van der Waals surface area contributed by atoms with Crippen LogP contribution in [-0.4, -0.2) is 15.5 Å². The second-order valence-electron chi connectivity index (χ2n) is 5.48. The number of primary amides is 1. The molecule has 1 amide bonds. The third kappa shape index (κ3) is 2.94. The second kappa shape index (κ2) is 6.16. The molecule has 2 N–H and O–H groups in total. The van der Waals surface area contributed by atoms with Crippen LogP contribution in [0.5, 0.6) is 0 Å². The van der Waals surface area contributed by atoms with Crippen LogP contribution in [-0.2, 0) is 6.54 Å². The van der Waals surface area contributed by atoms with Gasteiger partial charge in [0.05, 0.1) is 22.0 Å². The van der Waals surface area contributed by atoms with Gasteiger partial charge in [-0.25, -0.2) is 13.8 Å². The highest BCUT2D eigenvalue weighted by molar-refractivity contribution is 7.09. The summed E-state index contributed by atoms with van der Waals surface area (Å²) < 4.78 is 28.4. The number of hydrogen-bond donors (Lipinski definition) is 1.